The van der Waals surface area contributed by atoms with Crippen molar-refractivity contribution < 1.29 is 9.57 Å². The van der Waals surface area contributed by atoms with Crippen molar-refractivity contribution in [2.45, 2.75) is 0 Å². The van der Waals surface area contributed by atoms with Crippen molar-refractivity contribution in [1.82, 2.24) is 0 Å². The molecule has 0 amide bonds. The number of thiophene rings is 1. The Hall–Kier alpha value is -1.11. The predicted octanol–water partition coefficient (Wildman–Crippen LogP) is 1.02. The minimum Gasteiger partial charge on any atom is -0.391 e. The summed E-state index contributed by atoms with van der Waals surface area (Å²) in [5.74, 6) is 4.88. The van der Waals surface area contributed by atoms with E-state index in [1.807, 2.05) is 5.38 Å². The van der Waals surface area contributed by atoms with Crippen molar-refractivity contribution in [2.24, 2.45) is 5.90 Å². The minimum atomic E-state index is -0.0360. The molecule has 5 nitrogen and oxygen atoms in total. The third-order valence-corrected chi connectivity index (χ3v) is 2.49. The van der Waals surface area contributed by atoms with Crippen molar-refractivity contribution in [1.29, 1.82) is 5.41 Å². The first-order valence-electron chi connectivity index (χ1n) is 4.05. The van der Waals surface area contributed by atoms with Crippen molar-refractivity contribution in [2.75, 3.05) is 25.6 Å². The molecule has 0 aliphatic rings. The van der Waals surface area contributed by atoms with Crippen LogP contribution in [-0.4, -0.2) is 26.2 Å². The Morgan fingerprint density at radius 3 is 3.14 bits per heavy atom. The largest absolute Gasteiger partial charge is 0.391 e. The van der Waals surface area contributed by atoms with Crippen LogP contribution in [0.15, 0.2) is 11.4 Å². The van der Waals surface area contributed by atoms with Crippen molar-refractivity contribution in [3.63, 3.8) is 0 Å². The summed E-state index contributed by atoms with van der Waals surface area (Å²) in [4.78, 5) is 4.36. The smallest absolute Gasteiger partial charge is 0.240 e. The van der Waals surface area contributed by atoms with Crippen LogP contribution in [0, 0.1) is 5.41 Å². The van der Waals surface area contributed by atoms with Gasteiger partial charge in [0.1, 0.15) is 5.00 Å². The van der Waals surface area contributed by atoms with Crippen LogP contribution in [-0.2, 0) is 9.57 Å². The topological polar surface area (TPSA) is 80.4 Å². The summed E-state index contributed by atoms with van der Waals surface area (Å²) in [5.41, 5.74) is 0.675. The first-order valence-corrected chi connectivity index (χ1v) is 4.93. The third kappa shape index (κ3) is 2.69. The Balaban J connectivity index is 2.58. The number of ether oxygens (including phenoxy) is 1. The summed E-state index contributed by atoms with van der Waals surface area (Å²) in [6, 6.07) is 1.79. The molecule has 0 saturated carbocycles. The second-order valence-corrected chi connectivity index (χ2v) is 3.45. The fourth-order valence-corrected chi connectivity index (χ4v) is 1.77. The fourth-order valence-electron chi connectivity index (χ4n) is 0.955. The second-order valence-electron chi connectivity index (χ2n) is 2.53. The van der Waals surface area contributed by atoms with Crippen LogP contribution in [0.3, 0.4) is 0 Å². The van der Waals surface area contributed by atoms with Gasteiger partial charge in [0.2, 0.25) is 5.90 Å². The quantitative estimate of drug-likeness (QED) is 0.296. The summed E-state index contributed by atoms with van der Waals surface area (Å²) in [6.07, 6.45) is 0. The zero-order chi connectivity index (χ0) is 10.4. The van der Waals surface area contributed by atoms with Gasteiger partial charge in [-0.25, -0.2) is 0 Å². The van der Waals surface area contributed by atoms with Crippen LogP contribution in [0.4, 0.5) is 5.00 Å². The van der Waals surface area contributed by atoms with Crippen LogP contribution >= 0.6 is 11.3 Å². The second kappa shape index (κ2) is 5.58. The molecule has 1 aromatic rings. The Morgan fingerprint density at radius 2 is 2.50 bits per heavy atom. The Labute approximate surface area is 86.3 Å². The highest BCUT2D eigenvalue weighted by molar-refractivity contribution is 7.14. The molecule has 0 saturated heterocycles. The molecule has 0 spiro atoms. The van der Waals surface area contributed by atoms with Gasteiger partial charge in [0.25, 0.3) is 0 Å². The standard InChI is InChI=1S/C8H13N3O2S/c1-12-4-3-11-8-6(2-5-14-8)7(9)13-10/h2,5,9,11H,3-4,10H2,1H3. The highest BCUT2D eigenvalue weighted by Crippen LogP contribution is 2.23. The van der Waals surface area contributed by atoms with E-state index < -0.39 is 0 Å². The van der Waals surface area contributed by atoms with Gasteiger partial charge < -0.3 is 14.9 Å². The molecule has 1 heterocycles. The molecule has 0 fully saturated rings. The fraction of sp³-hybridized carbons (Fsp3) is 0.375. The Kier molecular flexibility index (Phi) is 4.37. The van der Waals surface area contributed by atoms with E-state index in [0.717, 1.165) is 5.00 Å². The monoisotopic (exact) mass is 215 g/mol. The number of rotatable bonds is 5. The molecule has 0 aromatic carbocycles. The summed E-state index contributed by atoms with van der Waals surface area (Å²) in [5, 5.41) is 13.3. The molecule has 0 radical (unpaired) electrons. The van der Waals surface area contributed by atoms with Gasteiger partial charge >= 0.3 is 0 Å². The van der Waals surface area contributed by atoms with Crippen molar-refractivity contribution in [3.05, 3.63) is 17.0 Å². The molecule has 14 heavy (non-hydrogen) atoms. The number of hydrogen-bond donors (Lipinski definition) is 3. The molecule has 0 atom stereocenters. The van der Waals surface area contributed by atoms with E-state index in [1.165, 1.54) is 11.3 Å². The number of hydrogen-bond acceptors (Lipinski definition) is 6. The summed E-state index contributed by atoms with van der Waals surface area (Å²) in [7, 11) is 1.64. The molecule has 78 valence electrons. The molecule has 0 aliphatic heterocycles. The first kappa shape index (κ1) is 11.0. The average molecular weight is 215 g/mol. The normalized spacial score (nSPS) is 9.86. The van der Waals surface area contributed by atoms with E-state index in [9.17, 15) is 0 Å². The van der Waals surface area contributed by atoms with Gasteiger partial charge in [0, 0.05) is 13.7 Å². The van der Waals surface area contributed by atoms with Crippen LogP contribution in [0.25, 0.3) is 0 Å². The van der Waals surface area contributed by atoms with E-state index in [1.54, 1.807) is 13.2 Å². The lowest BCUT2D eigenvalue weighted by Crippen LogP contribution is -2.13. The van der Waals surface area contributed by atoms with Crippen LogP contribution in [0.2, 0.25) is 0 Å². The molecule has 6 heteroatoms. The maximum Gasteiger partial charge on any atom is 0.240 e. The summed E-state index contributed by atoms with van der Waals surface area (Å²) in [6.45, 7) is 1.32. The van der Waals surface area contributed by atoms with E-state index in [-0.39, 0.29) is 5.90 Å². The maximum atomic E-state index is 7.40. The SMILES string of the molecule is COCCNc1sccc1C(=N)ON. The highest BCUT2D eigenvalue weighted by Gasteiger charge is 2.09. The van der Waals surface area contributed by atoms with E-state index in [4.69, 9.17) is 16.0 Å². The highest BCUT2D eigenvalue weighted by atomic mass is 32.1. The lowest BCUT2D eigenvalue weighted by molar-refractivity contribution is 0.211. The van der Waals surface area contributed by atoms with E-state index >= 15 is 0 Å². The van der Waals surface area contributed by atoms with Crippen molar-refractivity contribution >= 4 is 22.2 Å². The lowest BCUT2D eigenvalue weighted by atomic mass is 10.3. The molecule has 4 N–H and O–H groups in total. The van der Waals surface area contributed by atoms with Crippen LogP contribution in [0.1, 0.15) is 5.56 Å². The molecule has 0 unspecified atom stereocenters. The van der Waals surface area contributed by atoms with Gasteiger partial charge in [0.05, 0.1) is 12.2 Å². The molecule has 1 rings (SSSR count). The average Bonchev–Trinajstić information content (AvgIpc) is 2.65. The Morgan fingerprint density at radius 1 is 1.71 bits per heavy atom. The predicted molar refractivity (Wildman–Crippen MR) is 56.8 cm³/mol. The molecule has 0 bridgehead atoms. The maximum absolute atomic E-state index is 7.40. The molecule has 1 aromatic heterocycles. The summed E-state index contributed by atoms with van der Waals surface area (Å²) < 4.78 is 4.90. The molecular formula is C8H13N3O2S. The Bertz CT molecular complexity index is 301. The summed E-state index contributed by atoms with van der Waals surface area (Å²) >= 11 is 1.50. The first-order chi connectivity index (χ1) is 6.79. The van der Waals surface area contributed by atoms with Gasteiger partial charge in [-0.3, -0.25) is 5.41 Å². The van der Waals surface area contributed by atoms with Gasteiger partial charge in [-0.2, -0.15) is 5.90 Å². The van der Waals surface area contributed by atoms with Crippen LogP contribution in [0.5, 0.6) is 0 Å². The number of methoxy groups -OCH3 is 1. The number of nitrogens with two attached hydrogens (primary N) is 1. The van der Waals surface area contributed by atoms with Gasteiger partial charge in [-0.1, -0.05) is 0 Å². The van der Waals surface area contributed by atoms with Gasteiger partial charge in [0.15, 0.2) is 0 Å². The van der Waals surface area contributed by atoms with Crippen molar-refractivity contribution in [3.8, 4) is 0 Å². The van der Waals surface area contributed by atoms with Crippen LogP contribution < -0.4 is 11.2 Å². The lowest BCUT2D eigenvalue weighted by Gasteiger charge is -2.06. The van der Waals surface area contributed by atoms with Gasteiger partial charge in [-0.15, -0.1) is 11.3 Å². The minimum absolute atomic E-state index is 0.0360. The number of nitrogens with one attached hydrogen (secondary N) is 2. The molecular weight excluding hydrogens is 202 g/mol. The van der Waals surface area contributed by atoms with E-state index in [0.29, 0.717) is 18.7 Å². The van der Waals surface area contributed by atoms with E-state index in [2.05, 4.69) is 10.2 Å². The zero-order valence-electron chi connectivity index (χ0n) is 7.87. The number of anilines is 1. The van der Waals surface area contributed by atoms with Gasteiger partial charge in [-0.05, 0) is 11.4 Å². The zero-order valence-corrected chi connectivity index (χ0v) is 8.69. The molecule has 0 aliphatic carbocycles. The third-order valence-electron chi connectivity index (χ3n) is 1.62.